The van der Waals surface area contributed by atoms with Gasteiger partial charge in [-0.05, 0) is 24.7 Å². The van der Waals surface area contributed by atoms with Crippen molar-refractivity contribution in [2.45, 2.75) is 90.6 Å². The molecule has 0 radical (unpaired) electrons. The van der Waals surface area contributed by atoms with Crippen molar-refractivity contribution in [1.29, 1.82) is 0 Å². The molecule has 0 aromatic rings. The van der Waals surface area contributed by atoms with Gasteiger partial charge in [0.2, 0.25) is 0 Å². The highest BCUT2D eigenvalue weighted by atomic mass is 16.5. The van der Waals surface area contributed by atoms with E-state index in [1.54, 1.807) is 0 Å². The van der Waals surface area contributed by atoms with Crippen molar-refractivity contribution in [3.8, 4) is 0 Å². The van der Waals surface area contributed by atoms with Gasteiger partial charge in [-0.2, -0.15) is 0 Å². The van der Waals surface area contributed by atoms with Crippen LogP contribution in [0.4, 0.5) is 0 Å². The lowest BCUT2D eigenvalue weighted by atomic mass is 9.84. The van der Waals surface area contributed by atoms with E-state index >= 15 is 0 Å². The first-order valence-electron chi connectivity index (χ1n) is 7.96. The molecule has 0 amide bonds. The number of hydrogen-bond acceptors (Lipinski definition) is 4. The summed E-state index contributed by atoms with van der Waals surface area (Å²) in [5, 5.41) is 38.2. The minimum Gasteiger partial charge on any atom is -0.393 e. The van der Waals surface area contributed by atoms with E-state index in [1.165, 1.54) is 0 Å². The highest BCUT2D eigenvalue weighted by molar-refractivity contribution is 4.81. The Morgan fingerprint density at radius 1 is 1.00 bits per heavy atom. The normalized spacial score (nSPS) is 18.3. The average molecular weight is 290 g/mol. The molecule has 0 bridgehead atoms. The van der Waals surface area contributed by atoms with E-state index in [4.69, 9.17) is 10.2 Å². The third-order valence-corrected chi connectivity index (χ3v) is 4.22. The molecule has 0 aliphatic heterocycles. The monoisotopic (exact) mass is 290 g/mol. The molecule has 3 unspecified atom stereocenters. The average Bonchev–Trinajstić information content (AvgIpc) is 2.33. The van der Waals surface area contributed by atoms with Gasteiger partial charge in [0, 0.05) is 12.8 Å². The topological polar surface area (TPSA) is 80.9 Å². The molecule has 0 aromatic heterocycles. The summed E-state index contributed by atoms with van der Waals surface area (Å²) < 4.78 is 0. The van der Waals surface area contributed by atoms with Crippen LogP contribution in [0.3, 0.4) is 0 Å². The fraction of sp³-hybridized carbons (Fsp3) is 1.00. The van der Waals surface area contributed by atoms with E-state index in [2.05, 4.69) is 0 Å². The fourth-order valence-electron chi connectivity index (χ4n) is 2.47. The molecule has 20 heavy (non-hydrogen) atoms. The predicted molar refractivity (Wildman–Crippen MR) is 81.2 cm³/mol. The van der Waals surface area contributed by atoms with Crippen LogP contribution >= 0.6 is 0 Å². The van der Waals surface area contributed by atoms with E-state index in [-0.39, 0.29) is 11.8 Å². The Bertz CT molecular complexity index is 243. The van der Waals surface area contributed by atoms with Gasteiger partial charge in [-0.1, -0.05) is 47.0 Å². The Kier molecular flexibility index (Phi) is 9.64. The van der Waals surface area contributed by atoms with E-state index in [9.17, 15) is 10.2 Å². The van der Waals surface area contributed by atoms with Crippen molar-refractivity contribution in [2.24, 2.45) is 11.8 Å². The van der Waals surface area contributed by atoms with Gasteiger partial charge in [-0.25, -0.2) is 0 Å². The highest BCUT2D eigenvalue weighted by Gasteiger charge is 2.28. The molecule has 0 spiro atoms. The van der Waals surface area contributed by atoms with Crippen LogP contribution in [-0.4, -0.2) is 38.4 Å². The molecule has 0 fully saturated rings. The Morgan fingerprint density at radius 2 is 1.60 bits per heavy atom. The lowest BCUT2D eigenvalue weighted by Crippen LogP contribution is -2.34. The lowest BCUT2D eigenvalue weighted by Gasteiger charge is -2.30. The molecule has 3 atom stereocenters. The fourth-order valence-corrected chi connectivity index (χ4v) is 2.47. The van der Waals surface area contributed by atoms with Crippen LogP contribution in [0, 0.1) is 11.8 Å². The molecule has 4 N–H and O–H groups in total. The standard InChI is InChI=1S/C16H34O4/c1-5-16(20,11-14(17)12(2)3)9-7-6-8-13(4)10-15(18)19/h12-15,17-20H,5-11H2,1-4H3. The Morgan fingerprint density at radius 3 is 2.05 bits per heavy atom. The van der Waals surface area contributed by atoms with Crippen molar-refractivity contribution < 1.29 is 20.4 Å². The molecule has 0 aliphatic rings. The molecule has 0 heterocycles. The number of aliphatic hydroxyl groups is 4. The summed E-state index contributed by atoms with van der Waals surface area (Å²) in [4.78, 5) is 0. The maximum Gasteiger partial charge on any atom is 0.151 e. The van der Waals surface area contributed by atoms with Crippen LogP contribution in [0.25, 0.3) is 0 Å². The van der Waals surface area contributed by atoms with Crippen molar-refractivity contribution >= 4 is 0 Å². The predicted octanol–water partition coefficient (Wildman–Crippen LogP) is 2.43. The van der Waals surface area contributed by atoms with Crippen molar-refractivity contribution in [3.63, 3.8) is 0 Å². The molecule has 0 saturated heterocycles. The number of unbranched alkanes of at least 4 members (excludes halogenated alkanes) is 1. The molecule has 0 aromatic carbocycles. The van der Waals surface area contributed by atoms with Crippen molar-refractivity contribution in [1.82, 2.24) is 0 Å². The molecule has 122 valence electrons. The maximum absolute atomic E-state index is 10.5. The van der Waals surface area contributed by atoms with Gasteiger partial charge in [-0.3, -0.25) is 0 Å². The number of aliphatic hydroxyl groups excluding tert-OH is 2. The zero-order valence-electron chi connectivity index (χ0n) is 13.5. The summed E-state index contributed by atoms with van der Waals surface area (Å²) in [6.45, 7) is 7.89. The third kappa shape index (κ3) is 8.90. The van der Waals surface area contributed by atoms with Gasteiger partial charge >= 0.3 is 0 Å². The Balaban J connectivity index is 4.00. The first-order chi connectivity index (χ1) is 9.20. The van der Waals surface area contributed by atoms with E-state index < -0.39 is 18.0 Å². The lowest BCUT2D eigenvalue weighted by molar-refractivity contribution is -0.0558. The highest BCUT2D eigenvalue weighted by Crippen LogP contribution is 2.27. The largest absolute Gasteiger partial charge is 0.393 e. The third-order valence-electron chi connectivity index (χ3n) is 4.22. The Hall–Kier alpha value is -0.160. The van der Waals surface area contributed by atoms with Crippen molar-refractivity contribution in [3.05, 3.63) is 0 Å². The second-order valence-electron chi connectivity index (χ2n) is 6.66. The maximum atomic E-state index is 10.5. The summed E-state index contributed by atoms with van der Waals surface area (Å²) >= 11 is 0. The molecule has 4 heteroatoms. The zero-order valence-corrected chi connectivity index (χ0v) is 13.5. The van der Waals surface area contributed by atoms with Crippen LogP contribution < -0.4 is 0 Å². The quantitative estimate of drug-likeness (QED) is 0.348. The van der Waals surface area contributed by atoms with Crippen molar-refractivity contribution in [2.75, 3.05) is 0 Å². The summed E-state index contributed by atoms with van der Waals surface area (Å²) in [6.07, 6.45) is 3.32. The van der Waals surface area contributed by atoms with Gasteiger partial charge in [0.1, 0.15) is 0 Å². The summed E-state index contributed by atoms with van der Waals surface area (Å²) in [6, 6.07) is 0. The summed E-state index contributed by atoms with van der Waals surface area (Å²) in [7, 11) is 0. The van der Waals surface area contributed by atoms with Crippen LogP contribution in [0.15, 0.2) is 0 Å². The smallest absolute Gasteiger partial charge is 0.151 e. The van der Waals surface area contributed by atoms with Gasteiger partial charge in [-0.15, -0.1) is 0 Å². The van der Waals surface area contributed by atoms with Gasteiger partial charge in [0.15, 0.2) is 6.29 Å². The molecule has 0 rings (SSSR count). The van der Waals surface area contributed by atoms with Gasteiger partial charge in [0.25, 0.3) is 0 Å². The molecule has 0 aliphatic carbocycles. The van der Waals surface area contributed by atoms with E-state index in [0.717, 1.165) is 19.3 Å². The van der Waals surface area contributed by atoms with Crippen LogP contribution in [-0.2, 0) is 0 Å². The van der Waals surface area contributed by atoms with Crippen LogP contribution in [0.5, 0.6) is 0 Å². The second-order valence-corrected chi connectivity index (χ2v) is 6.66. The Labute approximate surface area is 123 Å². The van der Waals surface area contributed by atoms with E-state index in [0.29, 0.717) is 25.7 Å². The number of hydrogen-bond donors (Lipinski definition) is 4. The molecule has 4 nitrogen and oxygen atoms in total. The minimum absolute atomic E-state index is 0.166. The van der Waals surface area contributed by atoms with Gasteiger partial charge in [0.05, 0.1) is 11.7 Å². The zero-order chi connectivity index (χ0) is 15.8. The molecule has 0 saturated carbocycles. The van der Waals surface area contributed by atoms with Gasteiger partial charge < -0.3 is 20.4 Å². The SMILES string of the molecule is CCC(O)(CCCCC(C)CC(O)O)CC(O)C(C)C. The first-order valence-corrected chi connectivity index (χ1v) is 7.96. The van der Waals surface area contributed by atoms with Crippen LogP contribution in [0.1, 0.15) is 72.6 Å². The molecular formula is C16H34O4. The number of rotatable bonds is 11. The summed E-state index contributed by atoms with van der Waals surface area (Å²) in [5.74, 6) is 0.449. The summed E-state index contributed by atoms with van der Waals surface area (Å²) in [5.41, 5.74) is -0.774. The minimum atomic E-state index is -1.22. The van der Waals surface area contributed by atoms with E-state index in [1.807, 2.05) is 27.7 Å². The van der Waals surface area contributed by atoms with Crippen LogP contribution in [0.2, 0.25) is 0 Å². The molecular weight excluding hydrogens is 256 g/mol. The second kappa shape index (κ2) is 9.72. The first kappa shape index (κ1) is 19.8.